The maximum Gasteiger partial charge on any atom is 0.303 e. The fraction of sp³-hybridized carbons (Fsp3) is 0.909. The highest BCUT2D eigenvalue weighted by atomic mass is 16.4. The van der Waals surface area contributed by atoms with Crippen LogP contribution in [0.5, 0.6) is 0 Å². The van der Waals surface area contributed by atoms with E-state index >= 15 is 0 Å². The molecule has 0 amide bonds. The van der Waals surface area contributed by atoms with Crippen molar-refractivity contribution < 1.29 is 15.0 Å². The van der Waals surface area contributed by atoms with E-state index < -0.39 is 5.97 Å². The van der Waals surface area contributed by atoms with Gasteiger partial charge >= 0.3 is 5.97 Å². The lowest BCUT2D eigenvalue weighted by molar-refractivity contribution is -0.137. The van der Waals surface area contributed by atoms with Crippen molar-refractivity contribution in [2.45, 2.75) is 39.0 Å². The molecule has 2 N–H and O–H groups in total. The van der Waals surface area contributed by atoms with Gasteiger partial charge < -0.3 is 15.1 Å². The number of aliphatic hydroxyl groups is 1. The average molecular weight is 217 g/mol. The van der Waals surface area contributed by atoms with Gasteiger partial charge in [-0.15, -0.1) is 0 Å². The Bertz CT molecular complexity index is 156. The van der Waals surface area contributed by atoms with Crippen LogP contribution in [0.1, 0.15) is 39.0 Å². The maximum atomic E-state index is 10.3. The molecule has 0 saturated heterocycles. The zero-order valence-electron chi connectivity index (χ0n) is 9.61. The van der Waals surface area contributed by atoms with Crippen molar-refractivity contribution in [3.05, 3.63) is 0 Å². The smallest absolute Gasteiger partial charge is 0.303 e. The van der Waals surface area contributed by atoms with Crippen LogP contribution < -0.4 is 0 Å². The number of carbonyl (C=O) groups is 1. The summed E-state index contributed by atoms with van der Waals surface area (Å²) in [6, 6.07) is 0. The van der Waals surface area contributed by atoms with Crippen molar-refractivity contribution in [3.63, 3.8) is 0 Å². The quantitative estimate of drug-likeness (QED) is 0.542. The Morgan fingerprint density at radius 3 is 2.40 bits per heavy atom. The average Bonchev–Trinajstić information content (AvgIpc) is 2.17. The second kappa shape index (κ2) is 9.93. The summed E-state index contributed by atoms with van der Waals surface area (Å²) in [6.45, 7) is 5.03. The molecule has 0 aliphatic rings. The van der Waals surface area contributed by atoms with Crippen molar-refractivity contribution in [2.24, 2.45) is 0 Å². The molecule has 0 atom stereocenters. The first kappa shape index (κ1) is 14.4. The van der Waals surface area contributed by atoms with Crippen LogP contribution in [0.15, 0.2) is 0 Å². The van der Waals surface area contributed by atoms with Gasteiger partial charge in [0.25, 0.3) is 0 Å². The standard InChI is InChI=1S/C11H23NO3/c1-2-7-12(9-10-13)8-5-3-4-6-11(14)15/h13H,2-10H2,1H3,(H,14,15). The summed E-state index contributed by atoms with van der Waals surface area (Å²) < 4.78 is 0. The van der Waals surface area contributed by atoms with Crippen molar-refractivity contribution >= 4 is 5.97 Å². The summed E-state index contributed by atoms with van der Waals surface area (Å²) >= 11 is 0. The van der Waals surface area contributed by atoms with Gasteiger partial charge in [0, 0.05) is 13.0 Å². The molecule has 0 saturated carbocycles. The van der Waals surface area contributed by atoms with Gasteiger partial charge in [-0.3, -0.25) is 4.79 Å². The van der Waals surface area contributed by atoms with Crippen LogP contribution in [0, 0.1) is 0 Å². The van der Waals surface area contributed by atoms with Gasteiger partial charge in [-0.2, -0.15) is 0 Å². The molecule has 0 aliphatic heterocycles. The molecular formula is C11H23NO3. The predicted octanol–water partition coefficient (Wildman–Crippen LogP) is 1.34. The number of nitrogens with zero attached hydrogens (tertiary/aromatic N) is 1. The van der Waals surface area contributed by atoms with Crippen molar-refractivity contribution in [2.75, 3.05) is 26.2 Å². The van der Waals surface area contributed by atoms with Crippen LogP contribution >= 0.6 is 0 Å². The van der Waals surface area contributed by atoms with E-state index in [1.54, 1.807) is 0 Å². The zero-order valence-corrected chi connectivity index (χ0v) is 9.61. The van der Waals surface area contributed by atoms with Crippen LogP contribution in [0.25, 0.3) is 0 Å². The summed E-state index contributed by atoms with van der Waals surface area (Å²) in [5, 5.41) is 17.3. The molecule has 4 heteroatoms. The fourth-order valence-electron chi connectivity index (χ4n) is 1.58. The lowest BCUT2D eigenvalue weighted by Gasteiger charge is -2.20. The fourth-order valence-corrected chi connectivity index (χ4v) is 1.58. The third-order valence-electron chi connectivity index (χ3n) is 2.32. The second-order valence-corrected chi connectivity index (χ2v) is 3.77. The molecule has 0 fully saturated rings. The third kappa shape index (κ3) is 9.69. The van der Waals surface area contributed by atoms with E-state index in [1.165, 1.54) is 0 Å². The predicted molar refractivity (Wildman–Crippen MR) is 59.9 cm³/mol. The molecular weight excluding hydrogens is 194 g/mol. The molecule has 0 radical (unpaired) electrons. The zero-order chi connectivity index (χ0) is 11.5. The number of unbranched alkanes of at least 4 members (excludes halogenated alkanes) is 2. The van der Waals surface area contributed by atoms with Gasteiger partial charge in [0.1, 0.15) is 0 Å². The molecule has 0 aromatic heterocycles. The largest absolute Gasteiger partial charge is 0.481 e. The molecule has 0 bridgehead atoms. The minimum atomic E-state index is -0.712. The van der Waals surface area contributed by atoms with E-state index in [1.807, 2.05) is 0 Å². The molecule has 0 rings (SSSR count). The first-order valence-corrected chi connectivity index (χ1v) is 5.75. The molecule has 15 heavy (non-hydrogen) atoms. The van der Waals surface area contributed by atoms with Crippen LogP contribution in [-0.4, -0.2) is 47.3 Å². The topological polar surface area (TPSA) is 60.8 Å². The number of aliphatic hydroxyl groups excluding tert-OH is 1. The minimum absolute atomic E-state index is 0.203. The number of rotatable bonds is 10. The first-order valence-electron chi connectivity index (χ1n) is 5.75. The number of hydrogen-bond acceptors (Lipinski definition) is 3. The Hall–Kier alpha value is -0.610. The summed E-state index contributed by atoms with van der Waals surface area (Å²) in [5.74, 6) is -0.712. The van der Waals surface area contributed by atoms with Gasteiger partial charge in [0.05, 0.1) is 6.61 Å². The molecule has 90 valence electrons. The summed E-state index contributed by atoms with van der Waals surface area (Å²) in [5.41, 5.74) is 0. The Labute approximate surface area is 91.9 Å². The van der Waals surface area contributed by atoms with Gasteiger partial charge in [-0.05, 0) is 32.4 Å². The summed E-state index contributed by atoms with van der Waals surface area (Å²) in [6.07, 6.45) is 4.10. The molecule has 0 unspecified atom stereocenters. The van der Waals surface area contributed by atoms with E-state index in [0.717, 1.165) is 45.3 Å². The van der Waals surface area contributed by atoms with E-state index in [4.69, 9.17) is 10.2 Å². The van der Waals surface area contributed by atoms with Crippen LogP contribution in [0.3, 0.4) is 0 Å². The Balaban J connectivity index is 3.39. The normalized spacial score (nSPS) is 10.9. The third-order valence-corrected chi connectivity index (χ3v) is 2.32. The number of aliphatic carboxylic acids is 1. The highest BCUT2D eigenvalue weighted by Gasteiger charge is 2.02. The summed E-state index contributed by atoms with van der Waals surface area (Å²) in [7, 11) is 0. The van der Waals surface area contributed by atoms with Gasteiger partial charge in [0.15, 0.2) is 0 Å². The van der Waals surface area contributed by atoms with E-state index in [-0.39, 0.29) is 13.0 Å². The SMILES string of the molecule is CCCN(CCO)CCCCCC(=O)O. The van der Waals surface area contributed by atoms with Crippen LogP contribution in [-0.2, 0) is 4.79 Å². The maximum absolute atomic E-state index is 10.3. The molecule has 0 spiro atoms. The highest BCUT2D eigenvalue weighted by Crippen LogP contribution is 2.02. The van der Waals surface area contributed by atoms with Crippen LogP contribution in [0.4, 0.5) is 0 Å². The van der Waals surface area contributed by atoms with E-state index in [0.29, 0.717) is 0 Å². The molecule has 4 nitrogen and oxygen atoms in total. The Morgan fingerprint density at radius 2 is 1.87 bits per heavy atom. The van der Waals surface area contributed by atoms with Crippen LogP contribution in [0.2, 0.25) is 0 Å². The number of carboxylic acid groups (broad SMARTS) is 1. The van der Waals surface area contributed by atoms with Gasteiger partial charge in [-0.1, -0.05) is 13.3 Å². The lowest BCUT2D eigenvalue weighted by Crippen LogP contribution is -2.28. The minimum Gasteiger partial charge on any atom is -0.481 e. The van der Waals surface area contributed by atoms with E-state index in [2.05, 4.69) is 11.8 Å². The number of carboxylic acids is 1. The summed E-state index contributed by atoms with van der Waals surface area (Å²) in [4.78, 5) is 12.5. The monoisotopic (exact) mass is 217 g/mol. The van der Waals surface area contributed by atoms with Gasteiger partial charge in [-0.25, -0.2) is 0 Å². The van der Waals surface area contributed by atoms with Crippen molar-refractivity contribution in [1.29, 1.82) is 0 Å². The number of hydrogen-bond donors (Lipinski definition) is 2. The second-order valence-electron chi connectivity index (χ2n) is 3.77. The van der Waals surface area contributed by atoms with Crippen molar-refractivity contribution in [3.8, 4) is 0 Å². The van der Waals surface area contributed by atoms with Gasteiger partial charge in [0.2, 0.25) is 0 Å². The lowest BCUT2D eigenvalue weighted by atomic mass is 10.2. The highest BCUT2D eigenvalue weighted by molar-refractivity contribution is 5.66. The Kier molecular flexibility index (Phi) is 9.52. The van der Waals surface area contributed by atoms with Crippen molar-refractivity contribution in [1.82, 2.24) is 4.90 Å². The molecule has 0 aromatic carbocycles. The molecule has 0 aromatic rings. The first-order chi connectivity index (χ1) is 7.20. The van der Waals surface area contributed by atoms with E-state index in [9.17, 15) is 4.79 Å². The molecule has 0 aliphatic carbocycles. The molecule has 0 heterocycles. The Morgan fingerprint density at radius 1 is 1.13 bits per heavy atom.